The SMILES string of the molecule is O=C(Cc1ccc(F)cc1)N1CCCC(c2cc3cc(F)ccc3[nH]2)C1. The molecule has 1 unspecified atom stereocenters. The van der Waals surface area contributed by atoms with Gasteiger partial charge in [-0.1, -0.05) is 12.1 Å². The van der Waals surface area contributed by atoms with E-state index in [1.54, 1.807) is 18.2 Å². The van der Waals surface area contributed by atoms with E-state index in [1.165, 1.54) is 24.3 Å². The number of aromatic nitrogens is 1. The molecular formula is C21H20F2N2O. The average molecular weight is 354 g/mol. The summed E-state index contributed by atoms with van der Waals surface area (Å²) in [5.41, 5.74) is 2.78. The number of benzene rings is 2. The maximum absolute atomic E-state index is 13.4. The average Bonchev–Trinajstić information content (AvgIpc) is 3.07. The number of H-pyrrole nitrogens is 1. The fourth-order valence-corrected chi connectivity index (χ4v) is 3.69. The number of carbonyl (C=O) groups is 1. The molecular weight excluding hydrogens is 334 g/mol. The second-order valence-electron chi connectivity index (χ2n) is 6.94. The number of halogens is 2. The first kappa shape index (κ1) is 16.8. The Morgan fingerprint density at radius 2 is 1.85 bits per heavy atom. The van der Waals surface area contributed by atoms with Crippen LogP contribution in [-0.2, 0) is 11.2 Å². The lowest BCUT2D eigenvalue weighted by atomic mass is 9.94. The smallest absolute Gasteiger partial charge is 0.227 e. The van der Waals surface area contributed by atoms with Crippen molar-refractivity contribution in [1.29, 1.82) is 0 Å². The van der Waals surface area contributed by atoms with Crippen molar-refractivity contribution >= 4 is 16.8 Å². The second-order valence-corrected chi connectivity index (χ2v) is 6.94. The van der Waals surface area contributed by atoms with Crippen LogP contribution in [0.5, 0.6) is 0 Å². The maximum atomic E-state index is 13.4. The Bertz CT molecular complexity index is 933. The number of nitrogens with zero attached hydrogens (tertiary/aromatic N) is 1. The fraction of sp³-hybridized carbons (Fsp3) is 0.286. The van der Waals surface area contributed by atoms with E-state index in [9.17, 15) is 13.6 Å². The first-order valence-corrected chi connectivity index (χ1v) is 8.89. The number of amides is 1. The van der Waals surface area contributed by atoms with Gasteiger partial charge in [-0.05, 0) is 54.8 Å². The minimum absolute atomic E-state index is 0.0588. The van der Waals surface area contributed by atoms with Gasteiger partial charge in [0.25, 0.3) is 0 Å². The largest absolute Gasteiger partial charge is 0.358 e. The van der Waals surface area contributed by atoms with Crippen molar-refractivity contribution < 1.29 is 13.6 Å². The van der Waals surface area contributed by atoms with E-state index in [2.05, 4.69) is 4.98 Å². The van der Waals surface area contributed by atoms with Gasteiger partial charge in [0, 0.05) is 35.6 Å². The Hall–Kier alpha value is -2.69. The number of fused-ring (bicyclic) bond motifs is 1. The normalized spacial score (nSPS) is 17.6. The third-order valence-corrected chi connectivity index (χ3v) is 5.09. The summed E-state index contributed by atoms with van der Waals surface area (Å²) in [6.45, 7) is 1.39. The molecule has 0 saturated carbocycles. The molecule has 4 rings (SSSR count). The first-order chi connectivity index (χ1) is 12.6. The van der Waals surface area contributed by atoms with Gasteiger partial charge in [0.2, 0.25) is 5.91 Å². The van der Waals surface area contributed by atoms with Crippen molar-refractivity contribution in [3.8, 4) is 0 Å². The zero-order valence-electron chi connectivity index (χ0n) is 14.3. The summed E-state index contributed by atoms with van der Waals surface area (Å²) in [4.78, 5) is 17.9. The lowest BCUT2D eigenvalue weighted by molar-refractivity contribution is -0.131. The fourth-order valence-electron chi connectivity index (χ4n) is 3.69. The molecule has 2 heterocycles. The standard InChI is InChI=1S/C21H20F2N2O/c22-17-5-3-14(4-6-17)10-21(26)25-9-1-2-15(13-25)20-12-16-11-18(23)7-8-19(16)24-20/h3-8,11-12,15,24H,1-2,9-10,13H2. The number of rotatable bonds is 3. The molecule has 1 N–H and O–H groups in total. The molecule has 1 fully saturated rings. The topological polar surface area (TPSA) is 36.1 Å². The van der Waals surface area contributed by atoms with Crippen LogP contribution in [-0.4, -0.2) is 28.9 Å². The number of piperidine rings is 1. The molecule has 134 valence electrons. The second kappa shape index (κ2) is 6.90. The zero-order valence-corrected chi connectivity index (χ0v) is 14.3. The van der Waals surface area contributed by atoms with Crippen molar-refractivity contribution in [2.24, 2.45) is 0 Å². The van der Waals surface area contributed by atoms with Crippen molar-refractivity contribution in [3.63, 3.8) is 0 Å². The van der Waals surface area contributed by atoms with Crippen LogP contribution in [0.2, 0.25) is 0 Å². The van der Waals surface area contributed by atoms with Gasteiger partial charge < -0.3 is 9.88 Å². The van der Waals surface area contributed by atoms with E-state index in [0.717, 1.165) is 41.5 Å². The number of aromatic amines is 1. The van der Waals surface area contributed by atoms with Crippen LogP contribution in [0, 0.1) is 11.6 Å². The molecule has 3 aromatic rings. The van der Waals surface area contributed by atoms with E-state index in [0.29, 0.717) is 6.54 Å². The van der Waals surface area contributed by atoms with Crippen molar-refractivity contribution in [2.45, 2.75) is 25.2 Å². The maximum Gasteiger partial charge on any atom is 0.227 e. The van der Waals surface area contributed by atoms with Gasteiger partial charge in [-0.2, -0.15) is 0 Å². The molecule has 1 aliphatic heterocycles. The highest BCUT2D eigenvalue weighted by atomic mass is 19.1. The Morgan fingerprint density at radius 1 is 1.08 bits per heavy atom. The van der Waals surface area contributed by atoms with E-state index < -0.39 is 0 Å². The zero-order chi connectivity index (χ0) is 18.1. The molecule has 1 amide bonds. The Kier molecular flexibility index (Phi) is 4.45. The molecule has 1 aliphatic rings. The lowest BCUT2D eigenvalue weighted by Crippen LogP contribution is -2.40. The molecule has 1 saturated heterocycles. The molecule has 5 heteroatoms. The first-order valence-electron chi connectivity index (χ1n) is 8.89. The Morgan fingerprint density at radius 3 is 2.65 bits per heavy atom. The van der Waals surface area contributed by atoms with Gasteiger partial charge >= 0.3 is 0 Å². The van der Waals surface area contributed by atoms with Crippen LogP contribution in [0.4, 0.5) is 8.78 Å². The van der Waals surface area contributed by atoms with Crippen LogP contribution in [0.3, 0.4) is 0 Å². The summed E-state index contributed by atoms with van der Waals surface area (Å²) in [5, 5.41) is 0.856. The van der Waals surface area contributed by atoms with Gasteiger partial charge in [0.1, 0.15) is 11.6 Å². The Labute approximate surface area is 150 Å². The third-order valence-electron chi connectivity index (χ3n) is 5.09. The van der Waals surface area contributed by atoms with Crippen molar-refractivity contribution in [1.82, 2.24) is 9.88 Å². The molecule has 1 aromatic heterocycles. The molecule has 0 bridgehead atoms. The molecule has 2 aromatic carbocycles. The Balaban J connectivity index is 1.47. The predicted molar refractivity (Wildman–Crippen MR) is 96.9 cm³/mol. The molecule has 26 heavy (non-hydrogen) atoms. The monoisotopic (exact) mass is 354 g/mol. The third kappa shape index (κ3) is 3.47. The number of hydrogen-bond acceptors (Lipinski definition) is 1. The van der Waals surface area contributed by atoms with Crippen LogP contribution in [0.15, 0.2) is 48.5 Å². The van der Waals surface area contributed by atoms with Gasteiger partial charge in [-0.15, -0.1) is 0 Å². The van der Waals surface area contributed by atoms with Crippen molar-refractivity contribution in [3.05, 3.63) is 71.4 Å². The molecule has 3 nitrogen and oxygen atoms in total. The quantitative estimate of drug-likeness (QED) is 0.744. The van der Waals surface area contributed by atoms with Gasteiger partial charge in [-0.3, -0.25) is 4.79 Å². The molecule has 1 atom stereocenters. The summed E-state index contributed by atoms with van der Waals surface area (Å²) in [5.74, 6) is -0.267. The highest BCUT2D eigenvalue weighted by molar-refractivity contribution is 5.81. The minimum atomic E-state index is -0.297. The summed E-state index contributed by atoms with van der Waals surface area (Å²) in [7, 11) is 0. The number of likely N-dealkylation sites (tertiary alicyclic amines) is 1. The number of carbonyl (C=O) groups excluding carboxylic acids is 1. The van der Waals surface area contributed by atoms with E-state index in [-0.39, 0.29) is 29.9 Å². The summed E-state index contributed by atoms with van der Waals surface area (Å²) in [6.07, 6.45) is 2.21. The summed E-state index contributed by atoms with van der Waals surface area (Å²) >= 11 is 0. The number of hydrogen-bond donors (Lipinski definition) is 1. The predicted octanol–water partition coefficient (Wildman–Crippen LogP) is 4.39. The van der Waals surface area contributed by atoms with Gasteiger partial charge in [0.15, 0.2) is 0 Å². The van der Waals surface area contributed by atoms with Crippen LogP contribution in [0.1, 0.15) is 30.0 Å². The molecule has 0 spiro atoms. The minimum Gasteiger partial charge on any atom is -0.358 e. The van der Waals surface area contributed by atoms with E-state index >= 15 is 0 Å². The summed E-state index contributed by atoms with van der Waals surface area (Å²) < 4.78 is 26.4. The highest BCUT2D eigenvalue weighted by Crippen LogP contribution is 2.29. The van der Waals surface area contributed by atoms with Crippen LogP contribution in [0.25, 0.3) is 10.9 Å². The summed E-state index contributed by atoms with van der Waals surface area (Å²) in [6, 6.07) is 12.8. The van der Waals surface area contributed by atoms with Gasteiger partial charge in [-0.25, -0.2) is 8.78 Å². The number of nitrogens with one attached hydrogen (secondary N) is 1. The van der Waals surface area contributed by atoms with Crippen LogP contribution < -0.4 is 0 Å². The van der Waals surface area contributed by atoms with Crippen molar-refractivity contribution in [2.75, 3.05) is 13.1 Å². The lowest BCUT2D eigenvalue weighted by Gasteiger charge is -2.32. The van der Waals surface area contributed by atoms with Gasteiger partial charge in [0.05, 0.1) is 6.42 Å². The highest BCUT2D eigenvalue weighted by Gasteiger charge is 2.25. The van der Waals surface area contributed by atoms with E-state index in [1.807, 2.05) is 11.0 Å². The van der Waals surface area contributed by atoms with Crippen LogP contribution >= 0.6 is 0 Å². The molecule has 0 radical (unpaired) electrons. The van der Waals surface area contributed by atoms with E-state index in [4.69, 9.17) is 0 Å². The molecule has 0 aliphatic carbocycles.